The van der Waals surface area contributed by atoms with Crippen molar-refractivity contribution in [2.45, 2.75) is 43.9 Å². The molecule has 1 aliphatic rings. The summed E-state index contributed by atoms with van der Waals surface area (Å²) in [6, 6.07) is 3.40. The van der Waals surface area contributed by atoms with Crippen molar-refractivity contribution in [1.29, 1.82) is 0 Å². The Morgan fingerprint density at radius 1 is 1.48 bits per heavy atom. The largest absolute Gasteiger partial charge is 0.377 e. The molecule has 0 bridgehead atoms. The van der Waals surface area contributed by atoms with Gasteiger partial charge < -0.3 is 10.5 Å². The summed E-state index contributed by atoms with van der Waals surface area (Å²) in [7, 11) is -1.98. The molecule has 0 aliphatic carbocycles. The Morgan fingerprint density at radius 2 is 2.14 bits per heavy atom. The van der Waals surface area contributed by atoms with Gasteiger partial charge in [0.2, 0.25) is 10.0 Å². The highest BCUT2D eigenvalue weighted by Crippen LogP contribution is 2.32. The normalized spacial score (nSPS) is 23.0. The molecule has 2 N–H and O–H groups in total. The van der Waals surface area contributed by atoms with E-state index in [0.717, 1.165) is 11.1 Å². The second-order valence-corrected chi connectivity index (χ2v) is 8.14. The molecule has 2 atom stereocenters. The third-order valence-electron chi connectivity index (χ3n) is 3.98. The zero-order chi connectivity index (χ0) is 15.8. The number of aryl methyl sites for hydroxylation is 1. The molecule has 1 saturated heterocycles. The standard InChI is InChI=1S/C14H21BrN2O3S/c1-9-6-11(8-16)7-13(14(9)15)21(18,19)17(3)12-4-5-20-10(12)2/h6-7,10,12H,4-5,8,16H2,1-3H3. The fourth-order valence-electron chi connectivity index (χ4n) is 2.65. The Balaban J connectivity index is 2.46. The number of hydrogen-bond donors (Lipinski definition) is 1. The minimum Gasteiger partial charge on any atom is -0.377 e. The Labute approximate surface area is 134 Å². The average molecular weight is 377 g/mol. The Hall–Kier alpha value is -0.470. The van der Waals surface area contributed by atoms with Gasteiger partial charge in [0.1, 0.15) is 0 Å². The molecule has 0 spiro atoms. The van der Waals surface area contributed by atoms with Crippen molar-refractivity contribution in [1.82, 2.24) is 4.31 Å². The molecule has 0 saturated carbocycles. The molecule has 1 aliphatic heterocycles. The van der Waals surface area contributed by atoms with Gasteiger partial charge in [-0.15, -0.1) is 0 Å². The maximum absolute atomic E-state index is 12.9. The quantitative estimate of drug-likeness (QED) is 0.872. The van der Waals surface area contributed by atoms with E-state index in [9.17, 15) is 8.42 Å². The second-order valence-electron chi connectivity index (χ2n) is 5.38. The third-order valence-corrected chi connectivity index (χ3v) is 7.20. The number of benzene rings is 1. The zero-order valence-corrected chi connectivity index (χ0v) is 14.9. The van der Waals surface area contributed by atoms with Crippen LogP contribution in [-0.2, 0) is 21.3 Å². The summed E-state index contributed by atoms with van der Waals surface area (Å²) in [5.74, 6) is 0. The van der Waals surface area contributed by atoms with Crippen LogP contribution >= 0.6 is 15.9 Å². The zero-order valence-electron chi connectivity index (χ0n) is 12.5. The van der Waals surface area contributed by atoms with Crippen molar-refractivity contribution in [3.05, 3.63) is 27.7 Å². The maximum atomic E-state index is 12.9. The summed E-state index contributed by atoms with van der Waals surface area (Å²) in [6.45, 7) is 4.67. The van der Waals surface area contributed by atoms with Gasteiger partial charge in [0, 0.05) is 24.7 Å². The smallest absolute Gasteiger partial charge is 0.244 e. The molecule has 0 amide bonds. The molecule has 2 unspecified atom stereocenters. The van der Waals surface area contributed by atoms with E-state index in [0.29, 0.717) is 24.0 Å². The molecule has 21 heavy (non-hydrogen) atoms. The molecule has 118 valence electrons. The Morgan fingerprint density at radius 3 is 2.67 bits per heavy atom. The van der Waals surface area contributed by atoms with Crippen LogP contribution in [0.15, 0.2) is 21.5 Å². The lowest BCUT2D eigenvalue weighted by Crippen LogP contribution is -2.41. The monoisotopic (exact) mass is 376 g/mol. The molecule has 7 heteroatoms. The van der Waals surface area contributed by atoms with Gasteiger partial charge in [-0.25, -0.2) is 8.42 Å². The van der Waals surface area contributed by atoms with E-state index < -0.39 is 10.0 Å². The number of nitrogens with zero attached hydrogens (tertiary/aromatic N) is 1. The van der Waals surface area contributed by atoms with E-state index in [-0.39, 0.29) is 17.0 Å². The molecule has 1 aromatic rings. The van der Waals surface area contributed by atoms with Crippen LogP contribution in [0.2, 0.25) is 0 Å². The van der Waals surface area contributed by atoms with Crippen LogP contribution in [0.4, 0.5) is 0 Å². The predicted octanol–water partition coefficient (Wildman–Crippen LogP) is 2.01. The van der Waals surface area contributed by atoms with E-state index in [4.69, 9.17) is 10.5 Å². The topological polar surface area (TPSA) is 72.6 Å². The lowest BCUT2D eigenvalue weighted by Gasteiger charge is -2.27. The summed E-state index contributed by atoms with van der Waals surface area (Å²) >= 11 is 3.39. The van der Waals surface area contributed by atoms with Gasteiger partial charge in [-0.3, -0.25) is 0 Å². The highest BCUT2D eigenvalue weighted by Gasteiger charge is 2.36. The van der Waals surface area contributed by atoms with Crippen LogP contribution in [0.25, 0.3) is 0 Å². The first kappa shape index (κ1) is 16.9. The molecule has 2 rings (SSSR count). The summed E-state index contributed by atoms with van der Waals surface area (Å²) < 4.78 is 33.3. The molecule has 0 radical (unpaired) electrons. The van der Waals surface area contributed by atoms with E-state index in [1.54, 1.807) is 13.1 Å². The van der Waals surface area contributed by atoms with Gasteiger partial charge >= 0.3 is 0 Å². The van der Waals surface area contributed by atoms with Crippen molar-refractivity contribution in [3.63, 3.8) is 0 Å². The highest BCUT2D eigenvalue weighted by molar-refractivity contribution is 9.10. The van der Waals surface area contributed by atoms with E-state index >= 15 is 0 Å². The minimum atomic E-state index is -3.59. The fourth-order valence-corrected chi connectivity index (χ4v) is 5.12. The van der Waals surface area contributed by atoms with Crippen molar-refractivity contribution >= 4 is 26.0 Å². The number of hydrogen-bond acceptors (Lipinski definition) is 4. The maximum Gasteiger partial charge on any atom is 0.244 e. The van der Waals surface area contributed by atoms with Crippen molar-refractivity contribution in [2.24, 2.45) is 5.73 Å². The molecule has 1 heterocycles. The van der Waals surface area contributed by atoms with Gasteiger partial charge in [-0.1, -0.05) is 6.07 Å². The minimum absolute atomic E-state index is 0.0951. The number of sulfonamides is 1. The second kappa shape index (κ2) is 6.34. The first-order chi connectivity index (χ1) is 9.78. The number of halogens is 1. The van der Waals surface area contributed by atoms with Crippen LogP contribution in [0.1, 0.15) is 24.5 Å². The average Bonchev–Trinajstić information content (AvgIpc) is 2.86. The van der Waals surface area contributed by atoms with Crippen LogP contribution in [0, 0.1) is 6.92 Å². The SMILES string of the molecule is Cc1cc(CN)cc(S(=O)(=O)N(C)C2CCOC2C)c1Br. The van der Waals surface area contributed by atoms with Crippen molar-refractivity contribution < 1.29 is 13.2 Å². The molecule has 5 nitrogen and oxygen atoms in total. The Kier molecular flexibility index (Phi) is 5.10. The van der Waals surface area contributed by atoms with Crippen LogP contribution < -0.4 is 5.73 Å². The number of nitrogens with two attached hydrogens (primary N) is 1. The predicted molar refractivity (Wildman–Crippen MR) is 85.5 cm³/mol. The lowest BCUT2D eigenvalue weighted by atomic mass is 10.1. The third kappa shape index (κ3) is 3.17. The highest BCUT2D eigenvalue weighted by atomic mass is 79.9. The number of ether oxygens (including phenoxy) is 1. The fraction of sp³-hybridized carbons (Fsp3) is 0.571. The molecular formula is C14H21BrN2O3S. The van der Waals surface area contributed by atoms with Gasteiger partial charge in [0.25, 0.3) is 0 Å². The van der Waals surface area contributed by atoms with Gasteiger partial charge in [-0.2, -0.15) is 4.31 Å². The molecule has 0 aromatic heterocycles. The number of rotatable bonds is 4. The van der Waals surface area contributed by atoms with Crippen LogP contribution in [0.3, 0.4) is 0 Å². The lowest BCUT2D eigenvalue weighted by molar-refractivity contribution is 0.102. The first-order valence-corrected chi connectivity index (χ1v) is 9.11. The summed E-state index contributed by atoms with van der Waals surface area (Å²) in [5.41, 5.74) is 7.32. The Bertz CT molecular complexity index is 633. The van der Waals surface area contributed by atoms with Gasteiger partial charge in [0.05, 0.1) is 17.0 Å². The first-order valence-electron chi connectivity index (χ1n) is 6.87. The molecule has 1 aromatic carbocycles. The molecule has 1 fully saturated rings. The van der Waals surface area contributed by atoms with Gasteiger partial charge in [-0.05, 0) is 53.4 Å². The van der Waals surface area contributed by atoms with Crippen LogP contribution in [-0.4, -0.2) is 38.5 Å². The molecular weight excluding hydrogens is 356 g/mol. The summed E-state index contributed by atoms with van der Waals surface area (Å²) in [5, 5.41) is 0. The van der Waals surface area contributed by atoms with E-state index in [1.165, 1.54) is 4.31 Å². The summed E-state index contributed by atoms with van der Waals surface area (Å²) in [4.78, 5) is 0.268. The summed E-state index contributed by atoms with van der Waals surface area (Å²) in [6.07, 6.45) is 0.617. The van der Waals surface area contributed by atoms with E-state index in [2.05, 4.69) is 15.9 Å². The van der Waals surface area contributed by atoms with E-state index in [1.807, 2.05) is 19.9 Å². The van der Waals surface area contributed by atoms with Gasteiger partial charge in [0.15, 0.2) is 0 Å². The van der Waals surface area contributed by atoms with Crippen molar-refractivity contribution in [2.75, 3.05) is 13.7 Å². The van der Waals surface area contributed by atoms with Crippen LogP contribution in [0.5, 0.6) is 0 Å². The van der Waals surface area contributed by atoms with Crippen molar-refractivity contribution in [3.8, 4) is 0 Å². The number of likely N-dealkylation sites (N-methyl/N-ethyl adjacent to an activating group) is 1.